The van der Waals surface area contributed by atoms with Gasteiger partial charge in [-0.3, -0.25) is 4.79 Å². The number of amides is 1. The smallest absolute Gasteiger partial charge is 0.329 e. The van der Waals surface area contributed by atoms with Crippen LogP contribution >= 0.6 is 0 Å². The SMILES string of the molecule is CCCC1(C(=O)O)CCCN1C(=O)C1C2CCCCC21. The summed E-state index contributed by atoms with van der Waals surface area (Å²) in [5.74, 6) is 0.616. The standard InChI is InChI=1S/C16H25NO3/c1-2-8-16(15(19)20)9-5-10-17(16)14(18)13-11-6-3-4-7-12(11)13/h11-13H,2-10H2,1H3,(H,19,20). The van der Waals surface area contributed by atoms with Crippen LogP contribution in [0.1, 0.15) is 58.3 Å². The highest BCUT2D eigenvalue weighted by Gasteiger charge is 2.59. The van der Waals surface area contributed by atoms with Crippen LogP contribution in [0.15, 0.2) is 0 Å². The van der Waals surface area contributed by atoms with Gasteiger partial charge in [0.05, 0.1) is 0 Å². The van der Waals surface area contributed by atoms with Gasteiger partial charge >= 0.3 is 5.97 Å². The van der Waals surface area contributed by atoms with Crippen molar-refractivity contribution in [3.63, 3.8) is 0 Å². The summed E-state index contributed by atoms with van der Waals surface area (Å²) < 4.78 is 0. The topological polar surface area (TPSA) is 57.6 Å². The highest BCUT2D eigenvalue weighted by Crippen LogP contribution is 2.57. The van der Waals surface area contributed by atoms with Crippen molar-refractivity contribution in [2.24, 2.45) is 17.8 Å². The van der Waals surface area contributed by atoms with Crippen molar-refractivity contribution in [1.82, 2.24) is 4.90 Å². The highest BCUT2D eigenvalue weighted by atomic mass is 16.4. The fourth-order valence-electron chi connectivity index (χ4n) is 4.74. The van der Waals surface area contributed by atoms with E-state index >= 15 is 0 Å². The summed E-state index contributed by atoms with van der Waals surface area (Å²) in [4.78, 5) is 26.4. The van der Waals surface area contributed by atoms with Crippen molar-refractivity contribution in [2.75, 3.05) is 6.54 Å². The van der Waals surface area contributed by atoms with Crippen LogP contribution < -0.4 is 0 Å². The maximum absolute atomic E-state index is 12.8. The second-order valence-electron chi connectivity index (χ2n) is 6.82. The number of carbonyl (C=O) groups excluding carboxylic acids is 1. The third-order valence-corrected chi connectivity index (χ3v) is 5.76. The van der Waals surface area contributed by atoms with Crippen molar-refractivity contribution >= 4 is 11.9 Å². The van der Waals surface area contributed by atoms with E-state index in [1.807, 2.05) is 6.92 Å². The van der Waals surface area contributed by atoms with Crippen LogP contribution in [0.4, 0.5) is 0 Å². The van der Waals surface area contributed by atoms with Crippen LogP contribution in [0, 0.1) is 17.8 Å². The molecule has 0 bridgehead atoms. The number of rotatable bonds is 4. The molecule has 0 radical (unpaired) electrons. The van der Waals surface area contributed by atoms with E-state index in [1.54, 1.807) is 4.90 Å². The molecule has 2 aliphatic carbocycles. The van der Waals surface area contributed by atoms with Gasteiger partial charge in [0.25, 0.3) is 0 Å². The van der Waals surface area contributed by atoms with Gasteiger partial charge in [0.2, 0.25) is 5.91 Å². The molecule has 1 amide bonds. The molecule has 3 atom stereocenters. The first-order valence-corrected chi connectivity index (χ1v) is 8.16. The number of nitrogens with zero attached hydrogens (tertiary/aromatic N) is 1. The molecule has 3 rings (SSSR count). The monoisotopic (exact) mass is 279 g/mol. The van der Waals surface area contributed by atoms with Crippen molar-refractivity contribution in [1.29, 1.82) is 0 Å². The minimum Gasteiger partial charge on any atom is -0.479 e. The van der Waals surface area contributed by atoms with Gasteiger partial charge < -0.3 is 10.0 Å². The fourth-order valence-corrected chi connectivity index (χ4v) is 4.74. The van der Waals surface area contributed by atoms with E-state index in [0.29, 0.717) is 31.2 Å². The molecule has 3 fully saturated rings. The number of hydrogen-bond acceptors (Lipinski definition) is 2. The first-order valence-electron chi connectivity index (χ1n) is 8.16. The third-order valence-electron chi connectivity index (χ3n) is 5.76. The van der Waals surface area contributed by atoms with Crippen molar-refractivity contribution < 1.29 is 14.7 Å². The predicted octanol–water partition coefficient (Wildman–Crippen LogP) is 2.67. The molecule has 0 spiro atoms. The minimum absolute atomic E-state index is 0.145. The maximum atomic E-state index is 12.8. The van der Waals surface area contributed by atoms with Gasteiger partial charge in [-0.2, -0.15) is 0 Å². The average Bonchev–Trinajstić information content (AvgIpc) is 3.01. The number of likely N-dealkylation sites (tertiary alicyclic amines) is 1. The molecule has 1 N–H and O–H groups in total. The number of carboxylic acid groups (broad SMARTS) is 1. The Morgan fingerprint density at radius 3 is 2.40 bits per heavy atom. The first kappa shape index (κ1) is 13.9. The van der Waals surface area contributed by atoms with Gasteiger partial charge in [0, 0.05) is 12.5 Å². The van der Waals surface area contributed by atoms with E-state index in [9.17, 15) is 14.7 Å². The molecule has 4 heteroatoms. The molecule has 0 aromatic heterocycles. The van der Waals surface area contributed by atoms with Crippen molar-refractivity contribution in [2.45, 2.75) is 63.8 Å². The van der Waals surface area contributed by atoms with E-state index < -0.39 is 11.5 Å². The molecular weight excluding hydrogens is 254 g/mol. The summed E-state index contributed by atoms with van der Waals surface area (Å²) in [6.45, 7) is 2.64. The minimum atomic E-state index is -0.905. The molecule has 1 saturated heterocycles. The van der Waals surface area contributed by atoms with Gasteiger partial charge in [0.15, 0.2) is 0 Å². The van der Waals surface area contributed by atoms with Crippen LogP contribution in [0.2, 0.25) is 0 Å². The number of aliphatic carboxylic acids is 1. The molecule has 20 heavy (non-hydrogen) atoms. The quantitative estimate of drug-likeness (QED) is 0.860. The largest absolute Gasteiger partial charge is 0.479 e. The Morgan fingerprint density at radius 1 is 1.20 bits per heavy atom. The molecule has 0 aromatic carbocycles. The van der Waals surface area contributed by atoms with Crippen LogP contribution in [-0.2, 0) is 9.59 Å². The van der Waals surface area contributed by atoms with Gasteiger partial charge in [0.1, 0.15) is 5.54 Å². The second kappa shape index (κ2) is 5.05. The summed E-state index contributed by atoms with van der Waals surface area (Å²) in [6.07, 6.45) is 7.69. The number of carbonyl (C=O) groups is 2. The van der Waals surface area contributed by atoms with Crippen LogP contribution in [0.5, 0.6) is 0 Å². The molecule has 4 nitrogen and oxygen atoms in total. The van der Waals surface area contributed by atoms with Crippen LogP contribution in [-0.4, -0.2) is 34.0 Å². The Morgan fingerprint density at radius 2 is 1.85 bits per heavy atom. The lowest BCUT2D eigenvalue weighted by atomic mass is 9.90. The van der Waals surface area contributed by atoms with Crippen molar-refractivity contribution in [3.05, 3.63) is 0 Å². The van der Waals surface area contributed by atoms with Gasteiger partial charge in [-0.05, 0) is 43.9 Å². The predicted molar refractivity (Wildman–Crippen MR) is 75.2 cm³/mol. The van der Waals surface area contributed by atoms with Crippen LogP contribution in [0.25, 0.3) is 0 Å². The number of carboxylic acids is 1. The number of hydrogen-bond donors (Lipinski definition) is 1. The summed E-state index contributed by atoms with van der Waals surface area (Å²) in [5.41, 5.74) is -0.905. The lowest BCUT2D eigenvalue weighted by molar-refractivity contribution is -0.158. The van der Waals surface area contributed by atoms with E-state index in [1.165, 1.54) is 25.7 Å². The summed E-state index contributed by atoms with van der Waals surface area (Å²) in [5, 5.41) is 9.68. The lowest BCUT2D eigenvalue weighted by Gasteiger charge is -2.35. The van der Waals surface area contributed by atoms with Crippen molar-refractivity contribution in [3.8, 4) is 0 Å². The molecule has 0 aromatic rings. The zero-order chi connectivity index (χ0) is 14.3. The molecule has 3 aliphatic rings. The Balaban J connectivity index is 1.78. The average molecular weight is 279 g/mol. The van der Waals surface area contributed by atoms with E-state index in [2.05, 4.69) is 0 Å². The molecule has 1 heterocycles. The lowest BCUT2D eigenvalue weighted by Crippen LogP contribution is -2.53. The summed E-state index contributed by atoms with van der Waals surface area (Å²) >= 11 is 0. The number of fused-ring (bicyclic) bond motifs is 1. The fraction of sp³-hybridized carbons (Fsp3) is 0.875. The first-order chi connectivity index (χ1) is 9.62. The second-order valence-corrected chi connectivity index (χ2v) is 6.82. The normalized spacial score (nSPS) is 39.5. The van der Waals surface area contributed by atoms with E-state index in [-0.39, 0.29) is 11.8 Å². The van der Waals surface area contributed by atoms with Gasteiger partial charge in [-0.25, -0.2) is 4.79 Å². The summed E-state index contributed by atoms with van der Waals surface area (Å²) in [7, 11) is 0. The Bertz CT molecular complexity index is 410. The third kappa shape index (κ3) is 1.95. The highest BCUT2D eigenvalue weighted by molar-refractivity contribution is 5.90. The van der Waals surface area contributed by atoms with Crippen LogP contribution in [0.3, 0.4) is 0 Å². The molecule has 2 saturated carbocycles. The molecule has 3 unspecified atom stereocenters. The Hall–Kier alpha value is -1.06. The Kier molecular flexibility index (Phi) is 3.51. The Labute approximate surface area is 120 Å². The maximum Gasteiger partial charge on any atom is 0.329 e. The van der Waals surface area contributed by atoms with E-state index in [4.69, 9.17) is 0 Å². The summed E-state index contributed by atoms with van der Waals surface area (Å²) in [6, 6.07) is 0. The zero-order valence-electron chi connectivity index (χ0n) is 12.3. The van der Waals surface area contributed by atoms with Gasteiger partial charge in [-0.15, -0.1) is 0 Å². The molecule has 1 aliphatic heterocycles. The zero-order valence-corrected chi connectivity index (χ0v) is 12.3. The van der Waals surface area contributed by atoms with Gasteiger partial charge in [-0.1, -0.05) is 26.2 Å². The molecule has 112 valence electrons. The molecular formula is C16H25NO3. The van der Waals surface area contributed by atoms with E-state index in [0.717, 1.165) is 12.8 Å².